The summed E-state index contributed by atoms with van der Waals surface area (Å²) in [5.41, 5.74) is 2.80. The Hall–Kier alpha value is -2.73. The van der Waals surface area contributed by atoms with Crippen LogP contribution >= 0.6 is 0 Å². The highest BCUT2D eigenvalue weighted by Crippen LogP contribution is 2.37. The fraction of sp³-hybridized carbons (Fsp3) is 0.316. The van der Waals surface area contributed by atoms with Crippen molar-refractivity contribution in [1.29, 1.82) is 0 Å². The lowest BCUT2D eigenvalue weighted by Gasteiger charge is -2.37. The minimum Gasteiger partial charge on any atom is -0.393 e. The molecule has 1 atom stereocenters. The van der Waals surface area contributed by atoms with Crippen molar-refractivity contribution in [3.8, 4) is 0 Å². The minimum atomic E-state index is -0.286. The lowest BCUT2D eigenvalue weighted by atomic mass is 9.76. The zero-order valence-electron chi connectivity index (χ0n) is 14.0. The number of hydrogen-bond donors (Lipinski definition) is 2. The molecule has 0 spiro atoms. The fourth-order valence-corrected chi connectivity index (χ4v) is 3.49. The fourth-order valence-electron chi connectivity index (χ4n) is 3.49. The van der Waals surface area contributed by atoms with Crippen molar-refractivity contribution in [3.05, 3.63) is 65.9 Å². The molecular formula is C19H20N4O2. The topological polar surface area (TPSA) is 79.5 Å². The SMILES string of the molecule is Cc1nc2ccccn2c1C(=O)N[C@H](c1ccccn1)C1CC(O)C1. The van der Waals surface area contributed by atoms with Crippen LogP contribution < -0.4 is 5.32 Å². The van der Waals surface area contributed by atoms with Gasteiger partial charge in [0.05, 0.1) is 23.5 Å². The molecule has 0 unspecified atom stereocenters. The zero-order chi connectivity index (χ0) is 17.4. The second-order valence-corrected chi connectivity index (χ2v) is 6.57. The number of aliphatic hydroxyl groups excluding tert-OH is 1. The number of aromatic nitrogens is 3. The predicted molar refractivity (Wildman–Crippen MR) is 93.1 cm³/mol. The van der Waals surface area contributed by atoms with Gasteiger partial charge in [-0.1, -0.05) is 12.1 Å². The van der Waals surface area contributed by atoms with E-state index in [1.165, 1.54) is 0 Å². The molecule has 1 saturated carbocycles. The zero-order valence-corrected chi connectivity index (χ0v) is 14.0. The summed E-state index contributed by atoms with van der Waals surface area (Å²) in [6, 6.07) is 11.1. The maximum atomic E-state index is 13.0. The highest BCUT2D eigenvalue weighted by molar-refractivity contribution is 5.94. The van der Waals surface area contributed by atoms with Crippen LogP contribution in [0.4, 0.5) is 0 Å². The number of aliphatic hydroxyl groups is 1. The van der Waals surface area contributed by atoms with Crippen molar-refractivity contribution in [2.24, 2.45) is 5.92 Å². The highest BCUT2D eigenvalue weighted by Gasteiger charge is 2.37. The van der Waals surface area contributed by atoms with Crippen LogP contribution in [0.2, 0.25) is 0 Å². The molecular weight excluding hydrogens is 316 g/mol. The van der Waals surface area contributed by atoms with E-state index in [1.807, 2.05) is 49.5 Å². The number of carbonyl (C=O) groups excluding carboxylic acids is 1. The summed E-state index contributed by atoms with van der Waals surface area (Å²) < 4.78 is 1.80. The monoisotopic (exact) mass is 336 g/mol. The molecule has 25 heavy (non-hydrogen) atoms. The molecule has 0 aliphatic heterocycles. The minimum absolute atomic E-state index is 0.173. The Morgan fingerprint density at radius 2 is 2.08 bits per heavy atom. The first-order valence-electron chi connectivity index (χ1n) is 8.47. The van der Waals surface area contributed by atoms with Gasteiger partial charge in [-0.3, -0.25) is 14.2 Å². The number of nitrogens with one attached hydrogen (secondary N) is 1. The summed E-state index contributed by atoms with van der Waals surface area (Å²) in [4.78, 5) is 21.8. The number of amides is 1. The van der Waals surface area contributed by atoms with Crippen LogP contribution in [0, 0.1) is 12.8 Å². The van der Waals surface area contributed by atoms with Gasteiger partial charge in [-0.15, -0.1) is 0 Å². The molecule has 6 nitrogen and oxygen atoms in total. The maximum absolute atomic E-state index is 13.0. The molecule has 2 N–H and O–H groups in total. The van der Waals surface area contributed by atoms with Gasteiger partial charge in [0.1, 0.15) is 11.3 Å². The van der Waals surface area contributed by atoms with E-state index in [-0.39, 0.29) is 24.0 Å². The van der Waals surface area contributed by atoms with E-state index < -0.39 is 0 Å². The van der Waals surface area contributed by atoms with Gasteiger partial charge in [-0.05, 0) is 49.9 Å². The molecule has 0 radical (unpaired) electrons. The quantitative estimate of drug-likeness (QED) is 0.766. The third kappa shape index (κ3) is 2.89. The number of carbonyl (C=O) groups is 1. The van der Waals surface area contributed by atoms with E-state index in [9.17, 15) is 9.90 Å². The third-order valence-corrected chi connectivity index (χ3v) is 4.83. The van der Waals surface area contributed by atoms with E-state index in [0.29, 0.717) is 24.2 Å². The van der Waals surface area contributed by atoms with E-state index >= 15 is 0 Å². The normalized spacial score (nSPS) is 20.9. The van der Waals surface area contributed by atoms with Crippen LogP contribution in [-0.2, 0) is 0 Å². The van der Waals surface area contributed by atoms with Crippen molar-refractivity contribution < 1.29 is 9.90 Å². The summed E-state index contributed by atoms with van der Waals surface area (Å²) in [5, 5.41) is 12.8. The molecule has 1 amide bonds. The van der Waals surface area contributed by atoms with Gasteiger partial charge in [-0.2, -0.15) is 0 Å². The number of pyridine rings is 2. The Labute approximate surface area is 145 Å². The molecule has 1 fully saturated rings. The molecule has 3 aromatic heterocycles. The van der Waals surface area contributed by atoms with Gasteiger partial charge in [0.25, 0.3) is 5.91 Å². The van der Waals surface area contributed by atoms with Crippen molar-refractivity contribution in [1.82, 2.24) is 19.7 Å². The molecule has 6 heteroatoms. The van der Waals surface area contributed by atoms with Gasteiger partial charge in [0.15, 0.2) is 0 Å². The number of rotatable bonds is 4. The van der Waals surface area contributed by atoms with E-state index in [2.05, 4.69) is 15.3 Å². The first-order valence-corrected chi connectivity index (χ1v) is 8.47. The molecule has 0 aromatic carbocycles. The lowest BCUT2D eigenvalue weighted by molar-refractivity contribution is 0.0227. The molecule has 4 rings (SSSR count). The number of fused-ring (bicyclic) bond motifs is 1. The van der Waals surface area contributed by atoms with Crippen LogP contribution in [-0.4, -0.2) is 31.5 Å². The Balaban J connectivity index is 1.65. The Bertz CT molecular complexity index is 900. The second kappa shape index (κ2) is 6.29. The highest BCUT2D eigenvalue weighted by atomic mass is 16.3. The molecule has 3 heterocycles. The second-order valence-electron chi connectivity index (χ2n) is 6.57. The average molecular weight is 336 g/mol. The Kier molecular flexibility index (Phi) is 3.97. The summed E-state index contributed by atoms with van der Waals surface area (Å²) in [6.07, 6.45) is 4.63. The van der Waals surface area contributed by atoms with Gasteiger partial charge in [0, 0.05) is 12.4 Å². The first-order chi connectivity index (χ1) is 12.1. The van der Waals surface area contributed by atoms with Crippen molar-refractivity contribution in [3.63, 3.8) is 0 Å². The van der Waals surface area contributed by atoms with Gasteiger partial charge in [-0.25, -0.2) is 4.98 Å². The Morgan fingerprint density at radius 3 is 2.80 bits per heavy atom. The number of nitrogens with zero attached hydrogens (tertiary/aromatic N) is 3. The molecule has 3 aromatic rings. The summed E-state index contributed by atoms with van der Waals surface area (Å²) in [5.74, 6) is 0.0154. The number of hydrogen-bond acceptors (Lipinski definition) is 4. The van der Waals surface area contributed by atoms with Crippen LogP contribution in [0.25, 0.3) is 5.65 Å². The third-order valence-electron chi connectivity index (χ3n) is 4.83. The predicted octanol–water partition coefficient (Wildman–Crippen LogP) is 2.28. The summed E-state index contributed by atoms with van der Waals surface area (Å²) in [7, 11) is 0. The summed E-state index contributed by atoms with van der Waals surface area (Å²) >= 11 is 0. The molecule has 1 aliphatic rings. The largest absolute Gasteiger partial charge is 0.393 e. The molecule has 0 saturated heterocycles. The van der Waals surface area contributed by atoms with E-state index in [1.54, 1.807) is 10.6 Å². The van der Waals surface area contributed by atoms with Gasteiger partial charge in [0.2, 0.25) is 0 Å². The smallest absolute Gasteiger partial charge is 0.270 e. The molecule has 128 valence electrons. The standard InChI is InChI=1S/C19H20N4O2/c1-12-18(23-9-5-3-7-16(23)21-12)19(25)22-17(13-10-14(24)11-13)15-6-2-4-8-20-15/h2-9,13-14,17,24H,10-11H2,1H3,(H,22,25)/t13?,14?,17-/m0/s1. The Morgan fingerprint density at radius 1 is 1.28 bits per heavy atom. The van der Waals surface area contributed by atoms with E-state index in [0.717, 1.165) is 11.3 Å². The summed E-state index contributed by atoms with van der Waals surface area (Å²) in [6.45, 7) is 1.84. The van der Waals surface area contributed by atoms with Crippen LogP contribution in [0.5, 0.6) is 0 Å². The van der Waals surface area contributed by atoms with Gasteiger partial charge >= 0.3 is 0 Å². The molecule has 1 aliphatic carbocycles. The van der Waals surface area contributed by atoms with Crippen molar-refractivity contribution >= 4 is 11.6 Å². The van der Waals surface area contributed by atoms with Crippen molar-refractivity contribution in [2.45, 2.75) is 31.9 Å². The lowest BCUT2D eigenvalue weighted by Crippen LogP contribution is -2.42. The average Bonchev–Trinajstić information content (AvgIpc) is 2.93. The van der Waals surface area contributed by atoms with E-state index in [4.69, 9.17) is 0 Å². The number of imidazole rings is 1. The van der Waals surface area contributed by atoms with Crippen LogP contribution in [0.15, 0.2) is 48.8 Å². The number of aryl methyl sites for hydroxylation is 1. The molecule has 0 bridgehead atoms. The van der Waals surface area contributed by atoms with Crippen LogP contribution in [0.3, 0.4) is 0 Å². The van der Waals surface area contributed by atoms with Crippen LogP contribution in [0.1, 0.15) is 40.8 Å². The maximum Gasteiger partial charge on any atom is 0.270 e. The van der Waals surface area contributed by atoms with Gasteiger partial charge < -0.3 is 10.4 Å². The first kappa shape index (κ1) is 15.8. The van der Waals surface area contributed by atoms with Crippen molar-refractivity contribution in [2.75, 3.05) is 0 Å².